The highest BCUT2D eigenvalue weighted by atomic mass is 32.2. The van der Waals surface area contributed by atoms with Crippen LogP contribution in [0.1, 0.15) is 43.0 Å². The van der Waals surface area contributed by atoms with Crippen LogP contribution >= 0.6 is 24.0 Å². The highest BCUT2D eigenvalue weighted by Gasteiger charge is 2.21. The zero-order valence-electron chi connectivity index (χ0n) is 13.2. The van der Waals surface area contributed by atoms with E-state index in [2.05, 4.69) is 31.2 Å². The van der Waals surface area contributed by atoms with E-state index in [0.29, 0.717) is 11.0 Å². The van der Waals surface area contributed by atoms with Gasteiger partial charge >= 0.3 is 0 Å². The van der Waals surface area contributed by atoms with Crippen LogP contribution in [0.25, 0.3) is 0 Å². The van der Waals surface area contributed by atoms with E-state index in [0.717, 1.165) is 36.4 Å². The summed E-state index contributed by atoms with van der Waals surface area (Å²) in [6, 6.07) is 2.61. The van der Waals surface area contributed by atoms with Crippen molar-refractivity contribution in [2.24, 2.45) is 5.73 Å². The lowest BCUT2D eigenvalue weighted by Crippen LogP contribution is -2.33. The lowest BCUT2D eigenvalue weighted by Gasteiger charge is -2.29. The van der Waals surface area contributed by atoms with Gasteiger partial charge in [-0.25, -0.2) is 4.98 Å². The molecule has 2 N–H and O–H groups in total. The zero-order chi connectivity index (χ0) is 15.4. The van der Waals surface area contributed by atoms with Gasteiger partial charge in [-0.15, -0.1) is 0 Å². The van der Waals surface area contributed by atoms with Crippen LogP contribution in [0.4, 0.5) is 5.82 Å². The molecule has 116 valence electrons. The van der Waals surface area contributed by atoms with Crippen molar-refractivity contribution in [2.45, 2.75) is 45.1 Å². The lowest BCUT2D eigenvalue weighted by atomic mass is 9.94. The van der Waals surface area contributed by atoms with E-state index >= 15 is 0 Å². The van der Waals surface area contributed by atoms with Crippen LogP contribution in [0.5, 0.6) is 0 Å². The molecular formula is C16H25N3S2. The highest BCUT2D eigenvalue weighted by Crippen LogP contribution is 2.27. The van der Waals surface area contributed by atoms with Crippen molar-refractivity contribution in [1.29, 1.82) is 0 Å². The highest BCUT2D eigenvalue weighted by molar-refractivity contribution is 7.98. The number of thiocarbonyl (C=S) groups is 1. The fourth-order valence-corrected chi connectivity index (χ4v) is 3.49. The maximum absolute atomic E-state index is 5.95. The average molecular weight is 324 g/mol. The summed E-state index contributed by atoms with van der Waals surface area (Å²) in [5.74, 6) is 2.11. The van der Waals surface area contributed by atoms with Gasteiger partial charge in [-0.2, -0.15) is 11.8 Å². The second-order valence-electron chi connectivity index (χ2n) is 5.78. The molecule has 3 nitrogen and oxygen atoms in total. The summed E-state index contributed by atoms with van der Waals surface area (Å²) in [5, 5.41) is 0. The SMILES string of the molecule is CSCCC(C)N(C)c1nc2c(cc1C(N)=S)CCCC2. The quantitative estimate of drug-likeness (QED) is 0.815. The number of nitrogens with two attached hydrogens (primary N) is 1. The van der Waals surface area contributed by atoms with Gasteiger partial charge in [0.2, 0.25) is 0 Å². The van der Waals surface area contributed by atoms with Gasteiger partial charge in [-0.1, -0.05) is 12.2 Å². The number of hydrogen-bond acceptors (Lipinski definition) is 4. The van der Waals surface area contributed by atoms with Crippen molar-refractivity contribution in [3.63, 3.8) is 0 Å². The van der Waals surface area contributed by atoms with Gasteiger partial charge < -0.3 is 10.6 Å². The molecule has 0 radical (unpaired) electrons. The predicted molar refractivity (Wildman–Crippen MR) is 97.6 cm³/mol. The molecule has 0 amide bonds. The largest absolute Gasteiger partial charge is 0.389 e. The van der Waals surface area contributed by atoms with Crippen molar-refractivity contribution < 1.29 is 0 Å². The number of aryl methyl sites for hydroxylation is 2. The van der Waals surface area contributed by atoms with Crippen LogP contribution in [0.15, 0.2) is 6.07 Å². The Bertz CT molecular complexity index is 516. The first-order chi connectivity index (χ1) is 10.0. The molecule has 1 aliphatic rings. The number of anilines is 1. The number of nitrogens with zero attached hydrogens (tertiary/aromatic N) is 2. The third-order valence-corrected chi connectivity index (χ3v) is 5.15. The topological polar surface area (TPSA) is 42.2 Å². The van der Waals surface area contributed by atoms with Crippen LogP contribution in [-0.4, -0.2) is 35.1 Å². The Kier molecular flexibility index (Phi) is 5.88. The van der Waals surface area contributed by atoms with Gasteiger partial charge in [0, 0.05) is 18.8 Å². The molecule has 5 heteroatoms. The fraction of sp³-hybridized carbons (Fsp3) is 0.625. The molecule has 0 saturated carbocycles. The monoisotopic (exact) mass is 323 g/mol. The van der Waals surface area contributed by atoms with Gasteiger partial charge in [0.15, 0.2) is 0 Å². The first kappa shape index (κ1) is 16.6. The summed E-state index contributed by atoms with van der Waals surface area (Å²) in [4.78, 5) is 7.60. The normalized spacial score (nSPS) is 15.4. The summed E-state index contributed by atoms with van der Waals surface area (Å²) in [6.07, 6.45) is 7.93. The standard InChI is InChI=1S/C16H25N3S2/c1-11(8-9-21-3)19(2)16-13(15(17)20)10-12-6-4-5-7-14(12)18-16/h10-11H,4-9H2,1-3H3,(H2,17,20). The average Bonchev–Trinajstić information content (AvgIpc) is 2.50. The smallest absolute Gasteiger partial charge is 0.139 e. The Hall–Kier alpha value is -0.810. The Morgan fingerprint density at radius 3 is 2.86 bits per heavy atom. The summed E-state index contributed by atoms with van der Waals surface area (Å²) >= 11 is 7.13. The zero-order valence-corrected chi connectivity index (χ0v) is 14.8. The molecule has 21 heavy (non-hydrogen) atoms. The molecule has 1 aromatic rings. The molecule has 2 rings (SSSR count). The molecular weight excluding hydrogens is 298 g/mol. The van der Waals surface area contributed by atoms with Crippen LogP contribution in [0, 0.1) is 0 Å². The van der Waals surface area contributed by atoms with E-state index in [-0.39, 0.29) is 0 Å². The van der Waals surface area contributed by atoms with Gasteiger partial charge in [0.25, 0.3) is 0 Å². The molecule has 0 spiro atoms. The van der Waals surface area contributed by atoms with Crippen molar-refractivity contribution in [1.82, 2.24) is 4.98 Å². The Labute approximate surface area is 137 Å². The Balaban J connectivity index is 2.34. The van der Waals surface area contributed by atoms with E-state index in [1.54, 1.807) is 0 Å². The summed E-state index contributed by atoms with van der Waals surface area (Å²) in [5.41, 5.74) is 9.45. The minimum Gasteiger partial charge on any atom is -0.389 e. The summed E-state index contributed by atoms with van der Waals surface area (Å²) in [7, 11) is 2.10. The van der Waals surface area contributed by atoms with E-state index in [1.165, 1.54) is 24.1 Å². The molecule has 1 unspecified atom stereocenters. The fourth-order valence-electron chi connectivity index (χ4n) is 2.76. The Morgan fingerprint density at radius 1 is 1.48 bits per heavy atom. The van der Waals surface area contributed by atoms with Crippen LogP contribution in [0.3, 0.4) is 0 Å². The first-order valence-corrected chi connectivity index (χ1v) is 9.39. The van der Waals surface area contributed by atoms with Crippen LogP contribution in [-0.2, 0) is 12.8 Å². The first-order valence-electron chi connectivity index (χ1n) is 7.59. The molecule has 0 saturated heterocycles. The van der Waals surface area contributed by atoms with Gasteiger partial charge in [-0.3, -0.25) is 0 Å². The predicted octanol–water partition coefficient (Wildman–Crippen LogP) is 3.17. The number of thioether (sulfide) groups is 1. The van der Waals surface area contributed by atoms with Crippen LogP contribution < -0.4 is 10.6 Å². The second kappa shape index (κ2) is 7.45. The molecule has 0 fully saturated rings. The molecule has 1 aliphatic carbocycles. The lowest BCUT2D eigenvalue weighted by molar-refractivity contribution is 0.643. The molecule has 0 bridgehead atoms. The third-order valence-electron chi connectivity index (χ3n) is 4.28. The van der Waals surface area contributed by atoms with Gasteiger partial charge in [0.1, 0.15) is 10.8 Å². The molecule has 0 aromatic carbocycles. The number of pyridine rings is 1. The van der Waals surface area contributed by atoms with Gasteiger partial charge in [0.05, 0.1) is 5.56 Å². The minimum absolute atomic E-state index is 0.430. The van der Waals surface area contributed by atoms with Crippen molar-refractivity contribution in [3.8, 4) is 0 Å². The van der Waals surface area contributed by atoms with E-state index in [1.807, 2.05) is 11.8 Å². The molecule has 1 aromatic heterocycles. The van der Waals surface area contributed by atoms with Crippen molar-refractivity contribution in [2.75, 3.05) is 24.0 Å². The van der Waals surface area contributed by atoms with Crippen molar-refractivity contribution in [3.05, 3.63) is 22.9 Å². The molecule has 1 heterocycles. The summed E-state index contributed by atoms with van der Waals surface area (Å²) < 4.78 is 0. The third kappa shape index (κ3) is 3.89. The number of hydrogen-bond donors (Lipinski definition) is 1. The maximum atomic E-state index is 5.95. The van der Waals surface area contributed by atoms with E-state index in [4.69, 9.17) is 22.9 Å². The number of aromatic nitrogens is 1. The molecule has 0 aliphatic heterocycles. The maximum Gasteiger partial charge on any atom is 0.139 e. The number of fused-ring (bicyclic) bond motifs is 1. The molecule has 1 atom stereocenters. The second-order valence-corrected chi connectivity index (χ2v) is 7.20. The summed E-state index contributed by atoms with van der Waals surface area (Å²) in [6.45, 7) is 2.24. The van der Waals surface area contributed by atoms with Crippen LogP contribution in [0.2, 0.25) is 0 Å². The van der Waals surface area contributed by atoms with Gasteiger partial charge in [-0.05, 0) is 62.7 Å². The van der Waals surface area contributed by atoms with E-state index in [9.17, 15) is 0 Å². The Morgan fingerprint density at radius 2 is 2.19 bits per heavy atom. The number of rotatable bonds is 6. The van der Waals surface area contributed by atoms with Crippen molar-refractivity contribution >= 4 is 34.8 Å². The van der Waals surface area contributed by atoms with E-state index < -0.39 is 0 Å². The minimum atomic E-state index is 0.430.